The number of sulfone groups is 1. The van der Waals surface area contributed by atoms with Crippen molar-refractivity contribution in [2.45, 2.75) is 19.0 Å². The topological polar surface area (TPSA) is 131 Å². The number of aliphatic carboxylic acids is 1. The minimum atomic E-state index is -3.22. The summed E-state index contributed by atoms with van der Waals surface area (Å²) in [7, 11) is -3.22. The van der Waals surface area contributed by atoms with Crippen LogP contribution in [0.3, 0.4) is 0 Å². The molecule has 1 amide bonds. The highest BCUT2D eigenvalue weighted by Crippen LogP contribution is 2.20. The molecule has 1 atom stereocenters. The van der Waals surface area contributed by atoms with Crippen LogP contribution in [0, 0.1) is 0 Å². The first-order valence-electron chi connectivity index (χ1n) is 6.20. The number of carbonyl (C=O) groups excluding carboxylic acids is 1. The molecule has 1 saturated heterocycles. The Morgan fingerprint density at radius 3 is 2.71 bits per heavy atom. The van der Waals surface area contributed by atoms with Crippen LogP contribution in [-0.4, -0.2) is 59.4 Å². The number of hydrogen-bond acceptors (Lipinski definition) is 7. The fourth-order valence-corrected chi connectivity index (χ4v) is 4.56. The van der Waals surface area contributed by atoms with Crippen LogP contribution in [0.1, 0.15) is 21.9 Å². The number of thiazole rings is 1. The summed E-state index contributed by atoms with van der Waals surface area (Å²) in [6, 6.07) is -0.623. The van der Waals surface area contributed by atoms with Gasteiger partial charge >= 0.3 is 5.97 Å². The maximum atomic E-state index is 12.4. The van der Waals surface area contributed by atoms with E-state index in [4.69, 9.17) is 10.8 Å². The highest BCUT2D eigenvalue weighted by Gasteiger charge is 2.36. The van der Waals surface area contributed by atoms with E-state index in [-0.39, 0.29) is 30.2 Å². The van der Waals surface area contributed by atoms with Gasteiger partial charge in [0, 0.05) is 18.0 Å². The van der Waals surface area contributed by atoms with Gasteiger partial charge in [-0.25, -0.2) is 13.4 Å². The predicted molar refractivity (Wildman–Crippen MR) is 75.7 cm³/mol. The summed E-state index contributed by atoms with van der Waals surface area (Å²) in [5.41, 5.74) is 5.53. The second-order valence-corrected chi connectivity index (χ2v) is 7.89. The van der Waals surface area contributed by atoms with Crippen LogP contribution >= 0.6 is 11.3 Å². The normalized spacial score (nSPS) is 20.3. The van der Waals surface area contributed by atoms with Crippen LogP contribution in [0.15, 0.2) is 5.38 Å². The maximum Gasteiger partial charge on any atom is 0.323 e. The van der Waals surface area contributed by atoms with Gasteiger partial charge in [-0.1, -0.05) is 0 Å². The monoisotopic (exact) mass is 333 g/mol. The standard InChI is InChI=1S/C11H15N3O5S2/c12-3-9-13-8(5-20-9)11(17)14(4-10(15)16)7-1-2-21(18,19)6-7/h5,7H,1-4,6,12H2,(H,15,16). The van der Waals surface area contributed by atoms with E-state index < -0.39 is 34.3 Å². The van der Waals surface area contributed by atoms with Gasteiger partial charge in [-0.2, -0.15) is 0 Å². The lowest BCUT2D eigenvalue weighted by atomic mass is 10.2. The smallest absolute Gasteiger partial charge is 0.323 e. The third kappa shape index (κ3) is 3.77. The number of nitrogens with zero attached hydrogens (tertiary/aromatic N) is 2. The van der Waals surface area contributed by atoms with Gasteiger partial charge < -0.3 is 15.7 Å². The van der Waals surface area contributed by atoms with Gasteiger partial charge in [-0.15, -0.1) is 11.3 Å². The summed E-state index contributed by atoms with van der Waals surface area (Å²) in [6.45, 7) is -0.358. The number of rotatable bonds is 5. The van der Waals surface area contributed by atoms with Crippen molar-refractivity contribution in [3.63, 3.8) is 0 Å². The quantitative estimate of drug-likeness (QED) is 0.729. The van der Waals surface area contributed by atoms with Crippen LogP contribution in [0.25, 0.3) is 0 Å². The molecule has 1 aliphatic rings. The number of hydrogen-bond donors (Lipinski definition) is 2. The molecule has 116 valence electrons. The lowest BCUT2D eigenvalue weighted by Gasteiger charge is -2.25. The Bertz CT molecular complexity index is 655. The van der Waals surface area contributed by atoms with Gasteiger partial charge in [0.15, 0.2) is 9.84 Å². The number of aromatic nitrogens is 1. The van der Waals surface area contributed by atoms with Crippen molar-refractivity contribution in [3.8, 4) is 0 Å². The minimum absolute atomic E-state index is 0.0355. The Morgan fingerprint density at radius 1 is 1.52 bits per heavy atom. The fourth-order valence-electron chi connectivity index (χ4n) is 2.18. The predicted octanol–water partition coefficient (Wildman–Crippen LogP) is -0.684. The van der Waals surface area contributed by atoms with Crippen molar-refractivity contribution in [3.05, 3.63) is 16.1 Å². The molecule has 0 spiro atoms. The van der Waals surface area contributed by atoms with Gasteiger partial charge in [0.05, 0.1) is 11.5 Å². The van der Waals surface area contributed by atoms with Gasteiger partial charge in [0.1, 0.15) is 17.2 Å². The van der Waals surface area contributed by atoms with Crippen LogP contribution in [0.4, 0.5) is 0 Å². The molecule has 10 heteroatoms. The first kappa shape index (κ1) is 15.9. The zero-order valence-electron chi connectivity index (χ0n) is 11.1. The Kier molecular flexibility index (Phi) is 4.59. The van der Waals surface area contributed by atoms with E-state index in [1.165, 1.54) is 16.7 Å². The van der Waals surface area contributed by atoms with Crippen molar-refractivity contribution >= 4 is 33.1 Å². The zero-order chi connectivity index (χ0) is 15.6. The van der Waals surface area contributed by atoms with Crippen LogP contribution in [0.2, 0.25) is 0 Å². The fraction of sp³-hybridized carbons (Fsp3) is 0.545. The molecule has 1 aliphatic heterocycles. The lowest BCUT2D eigenvalue weighted by molar-refractivity contribution is -0.138. The number of carboxylic acid groups (broad SMARTS) is 1. The second-order valence-electron chi connectivity index (χ2n) is 4.71. The molecule has 0 aromatic carbocycles. The third-order valence-electron chi connectivity index (χ3n) is 3.16. The molecule has 1 aromatic heterocycles. The average Bonchev–Trinajstić information content (AvgIpc) is 3.01. The van der Waals surface area contributed by atoms with Gasteiger partial charge in [-0.3, -0.25) is 9.59 Å². The highest BCUT2D eigenvalue weighted by molar-refractivity contribution is 7.91. The molecule has 0 aliphatic carbocycles. The molecule has 1 aromatic rings. The molecule has 1 fully saturated rings. The van der Waals surface area contributed by atoms with Crippen LogP contribution < -0.4 is 5.73 Å². The molecule has 2 heterocycles. The Labute approximate surface area is 125 Å². The van der Waals surface area contributed by atoms with Gasteiger partial charge in [0.25, 0.3) is 5.91 Å². The van der Waals surface area contributed by atoms with E-state index >= 15 is 0 Å². The molecule has 0 bridgehead atoms. The summed E-state index contributed by atoms with van der Waals surface area (Å²) in [4.78, 5) is 28.4. The van der Waals surface area contributed by atoms with E-state index in [0.29, 0.717) is 5.01 Å². The number of amides is 1. The largest absolute Gasteiger partial charge is 0.480 e. The third-order valence-corrected chi connectivity index (χ3v) is 5.78. The van der Waals surface area contributed by atoms with E-state index in [2.05, 4.69) is 4.98 Å². The molecular weight excluding hydrogens is 318 g/mol. The minimum Gasteiger partial charge on any atom is -0.480 e. The molecule has 3 N–H and O–H groups in total. The Hall–Kier alpha value is -1.52. The highest BCUT2D eigenvalue weighted by atomic mass is 32.2. The summed E-state index contributed by atoms with van der Waals surface area (Å²) in [5.74, 6) is -2.01. The molecule has 0 radical (unpaired) electrons. The summed E-state index contributed by atoms with van der Waals surface area (Å²) < 4.78 is 23.1. The molecule has 21 heavy (non-hydrogen) atoms. The van der Waals surface area contributed by atoms with E-state index in [9.17, 15) is 18.0 Å². The number of nitrogens with two attached hydrogens (primary N) is 1. The van der Waals surface area contributed by atoms with Crippen molar-refractivity contribution in [2.75, 3.05) is 18.1 Å². The zero-order valence-corrected chi connectivity index (χ0v) is 12.7. The number of carbonyl (C=O) groups is 2. The molecule has 1 unspecified atom stereocenters. The average molecular weight is 333 g/mol. The maximum absolute atomic E-state index is 12.4. The van der Waals surface area contributed by atoms with Crippen molar-refractivity contribution in [1.82, 2.24) is 9.88 Å². The number of carboxylic acids is 1. The van der Waals surface area contributed by atoms with Crippen LogP contribution in [0.5, 0.6) is 0 Å². The summed E-state index contributed by atoms with van der Waals surface area (Å²) >= 11 is 1.21. The van der Waals surface area contributed by atoms with Gasteiger partial charge in [-0.05, 0) is 6.42 Å². The molecule has 8 nitrogen and oxygen atoms in total. The molecule has 0 saturated carbocycles. The van der Waals surface area contributed by atoms with Crippen molar-refractivity contribution in [1.29, 1.82) is 0 Å². The van der Waals surface area contributed by atoms with Crippen molar-refractivity contribution in [2.24, 2.45) is 5.73 Å². The first-order chi connectivity index (χ1) is 9.82. The summed E-state index contributed by atoms with van der Waals surface area (Å²) in [5, 5.41) is 11.0. The van der Waals surface area contributed by atoms with E-state index in [1.54, 1.807) is 0 Å². The first-order valence-corrected chi connectivity index (χ1v) is 8.90. The van der Waals surface area contributed by atoms with Crippen LogP contribution in [-0.2, 0) is 21.2 Å². The van der Waals surface area contributed by atoms with E-state index in [1.807, 2.05) is 0 Å². The Balaban J connectivity index is 2.23. The summed E-state index contributed by atoms with van der Waals surface area (Å²) in [6.07, 6.45) is 0.245. The SMILES string of the molecule is NCc1nc(C(=O)N(CC(=O)O)C2CCS(=O)(=O)C2)cs1. The molecule has 2 rings (SSSR count). The second kappa shape index (κ2) is 6.08. The Morgan fingerprint density at radius 2 is 2.24 bits per heavy atom. The van der Waals surface area contributed by atoms with Crippen molar-refractivity contribution < 1.29 is 23.1 Å². The lowest BCUT2D eigenvalue weighted by Crippen LogP contribution is -2.44. The van der Waals surface area contributed by atoms with E-state index in [0.717, 1.165) is 4.90 Å². The van der Waals surface area contributed by atoms with Gasteiger partial charge in [0.2, 0.25) is 0 Å². The molecular formula is C11H15N3O5S2.